The van der Waals surface area contributed by atoms with Gasteiger partial charge in [-0.2, -0.15) is 0 Å². The molecule has 2 aliphatic heterocycles. The topological polar surface area (TPSA) is 112 Å². The van der Waals surface area contributed by atoms with Crippen molar-refractivity contribution in [3.63, 3.8) is 0 Å². The first-order valence-electron chi connectivity index (χ1n) is 9.16. The standard InChI is InChI=1S/C21H22N2O8/c1-21-15(19(26)30-5)13(17(24)28-3)14(18(25)29-4)16(20(27)31-6)23(21)12-10-8-7-9-11(12)22(21)2/h7-10H,1-6H3. The third-order valence-corrected chi connectivity index (χ3v) is 5.55. The molecule has 10 nitrogen and oxygen atoms in total. The lowest BCUT2D eigenvalue weighted by Crippen LogP contribution is -2.60. The summed E-state index contributed by atoms with van der Waals surface area (Å²) in [4.78, 5) is 54.9. The van der Waals surface area contributed by atoms with E-state index in [1.807, 2.05) is 0 Å². The van der Waals surface area contributed by atoms with Gasteiger partial charge in [-0.15, -0.1) is 0 Å². The van der Waals surface area contributed by atoms with Gasteiger partial charge in [0, 0.05) is 7.05 Å². The molecule has 1 unspecified atom stereocenters. The first-order chi connectivity index (χ1) is 14.7. The largest absolute Gasteiger partial charge is 0.466 e. The van der Waals surface area contributed by atoms with Crippen molar-refractivity contribution in [1.29, 1.82) is 0 Å². The highest BCUT2D eigenvalue weighted by molar-refractivity contribution is 6.20. The third-order valence-electron chi connectivity index (χ3n) is 5.55. The summed E-state index contributed by atoms with van der Waals surface area (Å²) in [6.45, 7) is 1.62. The van der Waals surface area contributed by atoms with E-state index in [1.54, 1.807) is 43.1 Å². The van der Waals surface area contributed by atoms with Crippen molar-refractivity contribution in [3.8, 4) is 0 Å². The zero-order valence-electron chi connectivity index (χ0n) is 18.0. The molecule has 0 radical (unpaired) electrons. The second kappa shape index (κ2) is 7.78. The van der Waals surface area contributed by atoms with Crippen LogP contribution in [0.1, 0.15) is 6.92 Å². The number of methoxy groups -OCH3 is 4. The maximum absolute atomic E-state index is 13.0. The van der Waals surface area contributed by atoms with Crippen LogP contribution in [-0.4, -0.2) is 65.0 Å². The van der Waals surface area contributed by atoms with Crippen LogP contribution in [0.2, 0.25) is 0 Å². The fourth-order valence-electron chi connectivity index (χ4n) is 4.06. The number of esters is 4. The van der Waals surface area contributed by atoms with Gasteiger partial charge in [-0.05, 0) is 19.1 Å². The molecule has 0 fully saturated rings. The first-order valence-corrected chi connectivity index (χ1v) is 9.16. The Bertz CT molecular complexity index is 1060. The van der Waals surface area contributed by atoms with Crippen LogP contribution in [0.5, 0.6) is 0 Å². The number of rotatable bonds is 4. The average Bonchev–Trinajstić information content (AvgIpc) is 3.02. The molecule has 3 rings (SSSR count). The Morgan fingerprint density at radius 3 is 1.74 bits per heavy atom. The van der Waals surface area contributed by atoms with E-state index in [1.165, 1.54) is 4.90 Å². The van der Waals surface area contributed by atoms with E-state index in [0.29, 0.717) is 11.4 Å². The Hall–Kier alpha value is -3.82. The molecule has 2 aliphatic rings. The van der Waals surface area contributed by atoms with Crippen molar-refractivity contribution in [1.82, 2.24) is 0 Å². The molecule has 10 heteroatoms. The quantitative estimate of drug-likeness (QED) is 0.505. The molecule has 0 saturated heterocycles. The predicted octanol–water partition coefficient (Wildman–Crippen LogP) is 0.915. The molecular weight excluding hydrogens is 408 g/mol. The van der Waals surface area contributed by atoms with Gasteiger partial charge >= 0.3 is 23.9 Å². The normalized spacial score (nSPS) is 19.5. The Kier molecular flexibility index (Phi) is 5.49. The Morgan fingerprint density at radius 1 is 0.742 bits per heavy atom. The highest BCUT2D eigenvalue weighted by Gasteiger charge is 2.59. The lowest BCUT2D eigenvalue weighted by atomic mass is 9.84. The number of para-hydroxylation sites is 2. The SMILES string of the molecule is COC(=O)C1=C(C(=O)OC)N2c3ccccc3N(C)C2(C)C(C(=O)OC)=C1C(=O)OC. The van der Waals surface area contributed by atoms with Crippen molar-refractivity contribution >= 4 is 35.3 Å². The van der Waals surface area contributed by atoms with E-state index < -0.39 is 40.7 Å². The first kappa shape index (κ1) is 21.9. The minimum atomic E-state index is -1.43. The zero-order chi connectivity index (χ0) is 23.1. The van der Waals surface area contributed by atoms with Gasteiger partial charge in [-0.1, -0.05) is 12.1 Å². The van der Waals surface area contributed by atoms with Crippen LogP contribution in [-0.2, 0) is 38.1 Å². The van der Waals surface area contributed by atoms with Crippen LogP contribution < -0.4 is 9.80 Å². The van der Waals surface area contributed by atoms with Gasteiger partial charge in [-0.3, -0.25) is 0 Å². The molecule has 0 bridgehead atoms. The van der Waals surface area contributed by atoms with Gasteiger partial charge in [0.25, 0.3) is 0 Å². The summed E-state index contributed by atoms with van der Waals surface area (Å²) in [5, 5.41) is 0. The van der Waals surface area contributed by atoms with Crippen LogP contribution in [0.3, 0.4) is 0 Å². The van der Waals surface area contributed by atoms with Gasteiger partial charge in [0.15, 0.2) is 0 Å². The minimum Gasteiger partial charge on any atom is -0.466 e. The lowest BCUT2D eigenvalue weighted by molar-refractivity contribution is -0.142. The second-order valence-electron chi connectivity index (χ2n) is 6.84. The van der Waals surface area contributed by atoms with E-state index in [2.05, 4.69) is 0 Å². The van der Waals surface area contributed by atoms with Crippen molar-refractivity contribution in [2.45, 2.75) is 12.6 Å². The minimum absolute atomic E-state index is 0.186. The molecule has 2 heterocycles. The summed E-state index contributed by atoms with van der Waals surface area (Å²) >= 11 is 0. The molecule has 1 aromatic rings. The number of hydrogen-bond acceptors (Lipinski definition) is 10. The molecule has 0 amide bonds. The number of benzene rings is 1. The van der Waals surface area contributed by atoms with E-state index >= 15 is 0 Å². The Labute approximate surface area is 178 Å². The van der Waals surface area contributed by atoms with Crippen LogP contribution in [0, 0.1) is 0 Å². The molecule has 0 aliphatic carbocycles. The number of anilines is 2. The second-order valence-corrected chi connectivity index (χ2v) is 6.84. The fraction of sp³-hybridized carbons (Fsp3) is 0.333. The molecular formula is C21H22N2O8. The van der Waals surface area contributed by atoms with Gasteiger partial charge in [-0.25, -0.2) is 19.2 Å². The number of likely N-dealkylation sites (N-methyl/N-ethyl adjacent to an activating group) is 1. The number of ether oxygens (including phenoxy) is 4. The summed E-state index contributed by atoms with van der Waals surface area (Å²) in [6.07, 6.45) is 0. The van der Waals surface area contributed by atoms with Gasteiger partial charge in [0.05, 0.1) is 51.0 Å². The average molecular weight is 430 g/mol. The predicted molar refractivity (Wildman–Crippen MR) is 108 cm³/mol. The third kappa shape index (κ3) is 2.86. The summed E-state index contributed by atoms with van der Waals surface area (Å²) in [6, 6.07) is 7.01. The van der Waals surface area contributed by atoms with Crippen molar-refractivity contribution in [2.75, 3.05) is 45.3 Å². The molecule has 0 saturated carbocycles. The maximum Gasteiger partial charge on any atom is 0.355 e. The van der Waals surface area contributed by atoms with Gasteiger partial charge < -0.3 is 28.7 Å². The number of carbonyl (C=O) groups is 4. The number of nitrogens with zero attached hydrogens (tertiary/aromatic N) is 2. The van der Waals surface area contributed by atoms with Crippen LogP contribution in [0.25, 0.3) is 0 Å². The fourth-order valence-corrected chi connectivity index (χ4v) is 4.06. The van der Waals surface area contributed by atoms with Gasteiger partial charge in [0.1, 0.15) is 16.9 Å². The molecule has 164 valence electrons. The van der Waals surface area contributed by atoms with Gasteiger partial charge in [0.2, 0.25) is 0 Å². The van der Waals surface area contributed by atoms with Crippen molar-refractivity contribution < 1.29 is 38.1 Å². The van der Waals surface area contributed by atoms with Crippen LogP contribution in [0.15, 0.2) is 46.7 Å². The summed E-state index contributed by atoms with van der Waals surface area (Å²) in [5.74, 6) is -3.80. The molecule has 1 atom stereocenters. The Morgan fingerprint density at radius 2 is 1.23 bits per heavy atom. The summed E-state index contributed by atoms with van der Waals surface area (Å²) in [5.41, 5.74) is -1.61. The molecule has 0 aromatic heterocycles. The molecule has 0 N–H and O–H groups in total. The van der Waals surface area contributed by atoms with E-state index in [9.17, 15) is 19.2 Å². The smallest absolute Gasteiger partial charge is 0.355 e. The molecule has 1 aromatic carbocycles. The monoisotopic (exact) mass is 430 g/mol. The van der Waals surface area contributed by atoms with E-state index in [-0.39, 0.29) is 11.3 Å². The van der Waals surface area contributed by atoms with Crippen molar-refractivity contribution in [3.05, 3.63) is 46.7 Å². The maximum atomic E-state index is 13.0. The van der Waals surface area contributed by atoms with E-state index in [4.69, 9.17) is 18.9 Å². The lowest BCUT2D eigenvalue weighted by Gasteiger charge is -2.46. The van der Waals surface area contributed by atoms with Crippen LogP contribution in [0.4, 0.5) is 11.4 Å². The summed E-state index contributed by atoms with van der Waals surface area (Å²) < 4.78 is 19.6. The number of fused-ring (bicyclic) bond motifs is 3. The zero-order valence-corrected chi connectivity index (χ0v) is 18.0. The number of hydrogen-bond donors (Lipinski definition) is 0. The summed E-state index contributed by atoms with van der Waals surface area (Å²) in [7, 11) is 6.17. The highest BCUT2D eigenvalue weighted by atomic mass is 16.5. The molecule has 31 heavy (non-hydrogen) atoms. The number of carbonyl (C=O) groups excluding carboxylic acids is 4. The van der Waals surface area contributed by atoms with E-state index in [0.717, 1.165) is 28.4 Å². The Balaban J connectivity index is 2.58. The van der Waals surface area contributed by atoms with Crippen LogP contribution >= 0.6 is 0 Å². The highest BCUT2D eigenvalue weighted by Crippen LogP contribution is 2.53. The molecule has 0 spiro atoms. The van der Waals surface area contributed by atoms with Crippen molar-refractivity contribution in [2.24, 2.45) is 0 Å².